The predicted molar refractivity (Wildman–Crippen MR) is 98.3 cm³/mol. The van der Waals surface area contributed by atoms with Gasteiger partial charge in [-0.3, -0.25) is 0 Å². The van der Waals surface area contributed by atoms with Crippen LogP contribution in [0.15, 0.2) is 48.5 Å². The Labute approximate surface area is 154 Å². The molecule has 138 valence electrons. The van der Waals surface area contributed by atoms with Gasteiger partial charge in [0.15, 0.2) is 5.11 Å². The quantitative estimate of drug-likeness (QED) is 0.571. The first-order chi connectivity index (χ1) is 12.1. The highest BCUT2D eigenvalue weighted by molar-refractivity contribution is 7.80. The third-order valence-corrected chi connectivity index (χ3v) is 3.37. The summed E-state index contributed by atoms with van der Waals surface area (Å²) in [4.78, 5) is 11.8. The third-order valence-electron chi connectivity index (χ3n) is 3.17. The lowest BCUT2D eigenvalue weighted by atomic mass is 10.2. The van der Waals surface area contributed by atoms with Gasteiger partial charge < -0.3 is 15.4 Å². The highest BCUT2D eigenvalue weighted by Gasteiger charge is 2.30. The number of alkyl halides is 3. The number of anilines is 2. The Morgan fingerprint density at radius 3 is 2.23 bits per heavy atom. The molecule has 2 N–H and O–H groups in total. The molecule has 0 fully saturated rings. The zero-order chi connectivity index (χ0) is 19.3. The summed E-state index contributed by atoms with van der Waals surface area (Å²) in [6.45, 7) is 3.51. The summed E-state index contributed by atoms with van der Waals surface area (Å²) in [5, 5.41) is 5.66. The topological polar surface area (TPSA) is 50.4 Å². The second kappa shape index (κ2) is 8.18. The predicted octanol–water partition coefficient (Wildman–Crippen LogP) is 5.08. The van der Waals surface area contributed by atoms with Crippen molar-refractivity contribution in [2.75, 3.05) is 10.6 Å². The molecular formula is C18H17F3N2O2S. The Morgan fingerprint density at radius 1 is 1.04 bits per heavy atom. The number of carbonyl (C=O) groups excluding carboxylic acids is 1. The van der Waals surface area contributed by atoms with Crippen LogP contribution in [0.5, 0.6) is 0 Å². The van der Waals surface area contributed by atoms with E-state index in [9.17, 15) is 18.0 Å². The van der Waals surface area contributed by atoms with Gasteiger partial charge >= 0.3 is 12.1 Å². The fourth-order valence-electron chi connectivity index (χ4n) is 2.04. The van der Waals surface area contributed by atoms with Gasteiger partial charge in [-0.2, -0.15) is 13.2 Å². The van der Waals surface area contributed by atoms with Crippen LogP contribution in [-0.4, -0.2) is 17.2 Å². The second-order valence-corrected chi connectivity index (χ2v) is 6.10. The Kier molecular flexibility index (Phi) is 6.20. The molecule has 4 nitrogen and oxygen atoms in total. The van der Waals surface area contributed by atoms with Crippen LogP contribution < -0.4 is 10.6 Å². The molecule has 2 rings (SSSR count). The molecule has 0 saturated heterocycles. The maximum atomic E-state index is 12.7. The van der Waals surface area contributed by atoms with Crippen LogP contribution in [0.2, 0.25) is 0 Å². The lowest BCUT2D eigenvalue weighted by molar-refractivity contribution is -0.137. The molecule has 26 heavy (non-hydrogen) atoms. The first-order valence-corrected chi connectivity index (χ1v) is 8.12. The van der Waals surface area contributed by atoms with Crippen LogP contribution in [-0.2, 0) is 10.9 Å². The first-order valence-electron chi connectivity index (χ1n) is 7.71. The molecule has 0 aliphatic carbocycles. The number of benzene rings is 2. The maximum Gasteiger partial charge on any atom is 0.416 e. The van der Waals surface area contributed by atoms with E-state index in [-0.39, 0.29) is 16.9 Å². The van der Waals surface area contributed by atoms with Crippen molar-refractivity contribution in [3.63, 3.8) is 0 Å². The summed E-state index contributed by atoms with van der Waals surface area (Å²) >= 11 is 5.10. The Bertz CT molecular complexity index is 790. The summed E-state index contributed by atoms with van der Waals surface area (Å²) in [5.74, 6) is -0.434. The highest BCUT2D eigenvalue weighted by atomic mass is 32.1. The van der Waals surface area contributed by atoms with Crippen LogP contribution in [0, 0.1) is 0 Å². The SMILES string of the molecule is CC(C)OC(=O)c1ccc(NC(=S)Nc2cccc(C(F)(F)F)c2)cc1. The molecule has 0 amide bonds. The summed E-state index contributed by atoms with van der Waals surface area (Å²) in [7, 11) is 0. The van der Waals surface area contributed by atoms with E-state index in [2.05, 4.69) is 10.6 Å². The molecule has 0 radical (unpaired) electrons. The van der Waals surface area contributed by atoms with Crippen molar-refractivity contribution in [1.29, 1.82) is 0 Å². The molecule has 2 aromatic carbocycles. The van der Waals surface area contributed by atoms with Crippen molar-refractivity contribution in [3.05, 3.63) is 59.7 Å². The van der Waals surface area contributed by atoms with Gasteiger partial charge in [-0.15, -0.1) is 0 Å². The molecule has 0 heterocycles. The van der Waals surface area contributed by atoms with E-state index in [1.807, 2.05) is 0 Å². The smallest absolute Gasteiger partial charge is 0.416 e. The standard InChI is InChI=1S/C18H17F3N2O2S/c1-11(2)25-16(24)12-6-8-14(9-7-12)22-17(26)23-15-5-3-4-13(10-15)18(19,20)21/h3-11H,1-2H3,(H2,22,23,26). The minimum absolute atomic E-state index is 0.127. The molecule has 0 aromatic heterocycles. The van der Waals surface area contributed by atoms with Gasteiger partial charge in [0, 0.05) is 11.4 Å². The molecule has 8 heteroatoms. The molecule has 0 aliphatic heterocycles. The van der Waals surface area contributed by atoms with Crippen LogP contribution in [0.4, 0.5) is 24.5 Å². The lowest BCUT2D eigenvalue weighted by Crippen LogP contribution is -2.19. The number of esters is 1. The van der Waals surface area contributed by atoms with Crippen LogP contribution in [0.1, 0.15) is 29.8 Å². The van der Waals surface area contributed by atoms with E-state index in [0.29, 0.717) is 11.3 Å². The van der Waals surface area contributed by atoms with Crippen LogP contribution in [0.25, 0.3) is 0 Å². The number of rotatable bonds is 4. The van der Waals surface area contributed by atoms with E-state index < -0.39 is 17.7 Å². The fourth-order valence-corrected chi connectivity index (χ4v) is 2.27. The Morgan fingerprint density at radius 2 is 1.65 bits per heavy atom. The van der Waals surface area contributed by atoms with Gasteiger partial charge in [-0.1, -0.05) is 6.07 Å². The fraction of sp³-hybridized carbons (Fsp3) is 0.222. The van der Waals surface area contributed by atoms with E-state index in [1.165, 1.54) is 12.1 Å². The van der Waals surface area contributed by atoms with Crippen molar-refractivity contribution >= 4 is 34.7 Å². The molecule has 0 aliphatic rings. The second-order valence-electron chi connectivity index (χ2n) is 5.69. The molecular weight excluding hydrogens is 365 g/mol. The first kappa shape index (κ1) is 19.7. The van der Waals surface area contributed by atoms with Crippen LogP contribution in [0.3, 0.4) is 0 Å². The van der Waals surface area contributed by atoms with Gasteiger partial charge in [0.05, 0.1) is 17.2 Å². The number of nitrogens with one attached hydrogen (secondary N) is 2. The van der Waals surface area contributed by atoms with Gasteiger partial charge in [-0.05, 0) is 68.5 Å². The number of hydrogen-bond donors (Lipinski definition) is 2. The minimum Gasteiger partial charge on any atom is -0.459 e. The summed E-state index contributed by atoms with van der Waals surface area (Å²) in [6, 6.07) is 11.1. The molecule has 0 atom stereocenters. The Balaban J connectivity index is 1.99. The van der Waals surface area contributed by atoms with Gasteiger partial charge in [0.2, 0.25) is 0 Å². The maximum absolute atomic E-state index is 12.7. The summed E-state index contributed by atoms with van der Waals surface area (Å²) in [5.41, 5.74) is 0.421. The van der Waals surface area contributed by atoms with E-state index in [1.54, 1.807) is 38.1 Å². The molecule has 0 unspecified atom stereocenters. The average molecular weight is 382 g/mol. The van der Waals surface area contributed by atoms with Gasteiger partial charge in [0.25, 0.3) is 0 Å². The van der Waals surface area contributed by atoms with Gasteiger partial charge in [0.1, 0.15) is 0 Å². The minimum atomic E-state index is -4.42. The summed E-state index contributed by atoms with van der Waals surface area (Å²) < 4.78 is 43.2. The molecule has 0 bridgehead atoms. The van der Waals surface area contributed by atoms with Crippen molar-refractivity contribution in [2.45, 2.75) is 26.1 Å². The lowest BCUT2D eigenvalue weighted by Gasteiger charge is -2.13. The van der Waals surface area contributed by atoms with E-state index in [0.717, 1.165) is 12.1 Å². The normalized spacial score (nSPS) is 11.2. The number of hydrogen-bond acceptors (Lipinski definition) is 3. The van der Waals surface area contributed by atoms with E-state index in [4.69, 9.17) is 17.0 Å². The molecule has 0 spiro atoms. The number of halogens is 3. The molecule has 0 saturated carbocycles. The van der Waals surface area contributed by atoms with Gasteiger partial charge in [-0.25, -0.2) is 4.79 Å². The Hall–Kier alpha value is -2.61. The largest absolute Gasteiger partial charge is 0.459 e. The van der Waals surface area contributed by atoms with Crippen LogP contribution >= 0.6 is 12.2 Å². The number of ether oxygens (including phenoxy) is 1. The molecule has 2 aromatic rings. The highest BCUT2D eigenvalue weighted by Crippen LogP contribution is 2.30. The van der Waals surface area contributed by atoms with Crippen molar-refractivity contribution in [2.24, 2.45) is 0 Å². The number of thiocarbonyl (C=S) groups is 1. The zero-order valence-corrected chi connectivity index (χ0v) is 14.9. The van der Waals surface area contributed by atoms with E-state index >= 15 is 0 Å². The van der Waals surface area contributed by atoms with Crippen molar-refractivity contribution < 1.29 is 22.7 Å². The van der Waals surface area contributed by atoms with Crippen molar-refractivity contribution in [3.8, 4) is 0 Å². The third kappa shape index (κ3) is 5.73. The number of carbonyl (C=O) groups is 1. The monoisotopic (exact) mass is 382 g/mol. The summed E-state index contributed by atoms with van der Waals surface area (Å²) in [6.07, 6.45) is -4.64. The van der Waals surface area contributed by atoms with Crippen molar-refractivity contribution in [1.82, 2.24) is 0 Å². The zero-order valence-electron chi connectivity index (χ0n) is 14.1. The average Bonchev–Trinajstić information content (AvgIpc) is 2.54.